The molecule has 4 heterocycles. The van der Waals surface area contributed by atoms with E-state index < -0.39 is 0 Å². The van der Waals surface area contributed by atoms with Crippen LogP contribution in [0.3, 0.4) is 0 Å². The molecule has 0 bridgehead atoms. The summed E-state index contributed by atoms with van der Waals surface area (Å²) in [6.07, 6.45) is 0.747. The molecule has 0 radical (unpaired) electrons. The van der Waals surface area contributed by atoms with Crippen LogP contribution in [0, 0.1) is 25.2 Å². The first kappa shape index (κ1) is 35.1. The van der Waals surface area contributed by atoms with Gasteiger partial charge in [-0.25, -0.2) is 0 Å². The van der Waals surface area contributed by atoms with Crippen LogP contribution in [-0.2, 0) is 31.8 Å². The van der Waals surface area contributed by atoms with Gasteiger partial charge in [0.25, 0.3) is 11.8 Å². The third-order valence-electron chi connectivity index (χ3n) is 10.6. The summed E-state index contributed by atoms with van der Waals surface area (Å²) in [4.78, 5) is 35.5. The Hall–Kier alpha value is -5.34. The summed E-state index contributed by atoms with van der Waals surface area (Å²) in [5.41, 5.74) is 7.56. The van der Waals surface area contributed by atoms with Gasteiger partial charge in [0, 0.05) is 79.7 Å². The first-order chi connectivity index (χ1) is 25.0. The first-order valence-corrected chi connectivity index (χ1v) is 17.8. The standard InChI is InChI=1S/C41H41ClN6O4/c1-26-36(41(51)48(31-10-12-34(49)13-11-31)38-21-32(23-43)44(3)27(38)2)22-39(45(26)4)35-14-9-30(42)20-37(35)40(50)47-24-29-8-6-5-7-28(29)19-33(47)25-46-15-17-52-18-16-46/h5-14,20-22,33,49H,15-19,24-25H2,1-4H3/t33-/m0/s1. The number of phenols is 1. The third-order valence-corrected chi connectivity index (χ3v) is 10.9. The van der Waals surface area contributed by atoms with Crippen molar-refractivity contribution in [2.45, 2.75) is 32.9 Å². The van der Waals surface area contributed by atoms with Crippen molar-refractivity contribution >= 4 is 34.8 Å². The molecule has 5 aromatic rings. The van der Waals surface area contributed by atoms with Crippen molar-refractivity contribution in [1.82, 2.24) is 18.9 Å². The number of fused-ring (bicyclic) bond motifs is 1. The molecule has 0 unspecified atom stereocenters. The van der Waals surface area contributed by atoms with E-state index in [1.165, 1.54) is 17.7 Å². The van der Waals surface area contributed by atoms with Crippen molar-refractivity contribution in [3.8, 4) is 23.1 Å². The minimum atomic E-state index is -0.316. The second-order valence-corrected chi connectivity index (χ2v) is 14.0. The Balaban J connectivity index is 1.29. The number of aromatic hydroxyl groups is 1. The predicted octanol–water partition coefficient (Wildman–Crippen LogP) is 6.76. The molecule has 2 amide bonds. The number of carbonyl (C=O) groups excluding carboxylic acids is 2. The van der Waals surface area contributed by atoms with Crippen LogP contribution in [0.2, 0.25) is 5.02 Å². The van der Waals surface area contributed by atoms with Crippen LogP contribution in [0.1, 0.15) is 48.9 Å². The van der Waals surface area contributed by atoms with Crippen LogP contribution >= 0.6 is 11.6 Å². The SMILES string of the molecule is Cc1c(N(C(=O)c2cc(-c3ccc(Cl)cc3C(=O)N3Cc4ccccc4C[C@H]3CN3CCOCC3)n(C)c2C)c2ccc(O)cc2)cc(C#N)n1C. The summed E-state index contributed by atoms with van der Waals surface area (Å²) < 4.78 is 9.28. The van der Waals surface area contributed by atoms with Gasteiger partial charge in [-0.2, -0.15) is 5.26 Å². The Morgan fingerprint density at radius 2 is 1.63 bits per heavy atom. The van der Waals surface area contributed by atoms with E-state index in [1.807, 2.05) is 48.6 Å². The molecule has 0 aliphatic carbocycles. The van der Waals surface area contributed by atoms with E-state index >= 15 is 0 Å². The number of hydrogen-bond donors (Lipinski definition) is 1. The molecule has 2 aliphatic heterocycles. The van der Waals surface area contributed by atoms with Crippen LogP contribution in [0.15, 0.2) is 78.9 Å². The first-order valence-electron chi connectivity index (χ1n) is 17.4. The number of carbonyl (C=O) groups is 2. The number of hydrogen-bond acceptors (Lipinski definition) is 6. The average molecular weight is 717 g/mol. The van der Waals surface area contributed by atoms with Gasteiger partial charge in [-0.3, -0.25) is 19.4 Å². The number of nitriles is 1. The van der Waals surface area contributed by atoms with Gasteiger partial charge in [0.15, 0.2) is 0 Å². The molecular weight excluding hydrogens is 676 g/mol. The second kappa shape index (κ2) is 14.4. The van der Waals surface area contributed by atoms with E-state index in [0.717, 1.165) is 37.3 Å². The lowest BCUT2D eigenvalue weighted by Crippen LogP contribution is -2.52. The summed E-state index contributed by atoms with van der Waals surface area (Å²) in [5, 5.41) is 20.3. The van der Waals surface area contributed by atoms with E-state index in [-0.39, 0.29) is 23.6 Å². The molecule has 0 spiro atoms. The maximum absolute atomic E-state index is 14.8. The van der Waals surface area contributed by atoms with Gasteiger partial charge in [-0.1, -0.05) is 41.9 Å². The number of rotatable bonds is 7. The van der Waals surface area contributed by atoms with E-state index in [4.69, 9.17) is 16.3 Å². The maximum Gasteiger partial charge on any atom is 0.264 e. The van der Waals surface area contributed by atoms with Crippen molar-refractivity contribution in [3.63, 3.8) is 0 Å². The number of amides is 2. The Kier molecular flexibility index (Phi) is 9.68. The molecule has 1 saturated heterocycles. The van der Waals surface area contributed by atoms with Crippen molar-refractivity contribution < 1.29 is 19.4 Å². The zero-order valence-corrected chi connectivity index (χ0v) is 30.5. The molecule has 266 valence electrons. The molecule has 1 fully saturated rings. The lowest BCUT2D eigenvalue weighted by molar-refractivity contribution is 0.0193. The Morgan fingerprint density at radius 1 is 0.923 bits per heavy atom. The molecule has 10 nitrogen and oxygen atoms in total. The largest absolute Gasteiger partial charge is 0.508 e. The summed E-state index contributed by atoms with van der Waals surface area (Å²) in [6, 6.07) is 25.7. The van der Waals surface area contributed by atoms with E-state index in [0.29, 0.717) is 69.9 Å². The Morgan fingerprint density at radius 3 is 2.33 bits per heavy atom. The van der Waals surface area contributed by atoms with Gasteiger partial charge in [-0.15, -0.1) is 0 Å². The fourth-order valence-electron chi connectivity index (χ4n) is 7.42. The quantitative estimate of drug-likeness (QED) is 0.200. The van der Waals surface area contributed by atoms with Crippen molar-refractivity contribution in [1.29, 1.82) is 5.26 Å². The molecule has 11 heteroatoms. The predicted molar refractivity (Wildman–Crippen MR) is 201 cm³/mol. The molecule has 2 aromatic heterocycles. The van der Waals surface area contributed by atoms with Crippen molar-refractivity contribution in [2.75, 3.05) is 37.7 Å². The number of nitrogens with zero attached hydrogens (tertiary/aromatic N) is 6. The molecule has 1 N–H and O–H groups in total. The summed E-state index contributed by atoms with van der Waals surface area (Å²) in [7, 11) is 3.67. The third kappa shape index (κ3) is 6.48. The topological polar surface area (TPSA) is 107 Å². The van der Waals surface area contributed by atoms with Gasteiger partial charge in [0.1, 0.15) is 17.5 Å². The van der Waals surface area contributed by atoms with Crippen LogP contribution in [0.25, 0.3) is 11.3 Å². The fourth-order valence-corrected chi connectivity index (χ4v) is 7.59. The number of morpholine rings is 1. The minimum Gasteiger partial charge on any atom is -0.508 e. The number of phenolic OH excluding ortho intramolecular Hbond substituents is 1. The zero-order valence-electron chi connectivity index (χ0n) is 29.8. The highest BCUT2D eigenvalue weighted by atomic mass is 35.5. The fraction of sp³-hybridized carbons (Fsp3) is 0.293. The highest BCUT2D eigenvalue weighted by Gasteiger charge is 2.34. The van der Waals surface area contributed by atoms with Gasteiger partial charge in [0.05, 0.1) is 30.0 Å². The highest BCUT2D eigenvalue weighted by Crippen LogP contribution is 2.37. The average Bonchev–Trinajstić information content (AvgIpc) is 3.61. The lowest BCUT2D eigenvalue weighted by atomic mass is 9.92. The monoisotopic (exact) mass is 716 g/mol. The number of aromatic nitrogens is 2. The number of anilines is 2. The maximum atomic E-state index is 14.8. The summed E-state index contributed by atoms with van der Waals surface area (Å²) >= 11 is 6.61. The molecule has 2 aliphatic rings. The normalized spacial score (nSPS) is 16.0. The van der Waals surface area contributed by atoms with Gasteiger partial charge >= 0.3 is 0 Å². The lowest BCUT2D eigenvalue weighted by Gasteiger charge is -2.40. The molecule has 7 rings (SSSR count). The number of benzene rings is 3. The zero-order chi connectivity index (χ0) is 36.7. The van der Waals surface area contributed by atoms with Crippen molar-refractivity contribution in [3.05, 3.63) is 123 Å². The summed E-state index contributed by atoms with van der Waals surface area (Å²) in [6.45, 7) is 7.95. The minimum absolute atomic E-state index is 0.0501. The number of ether oxygens (including phenoxy) is 1. The van der Waals surface area contributed by atoms with Crippen LogP contribution < -0.4 is 4.90 Å². The van der Waals surface area contributed by atoms with Gasteiger partial charge in [-0.05, 0) is 79.9 Å². The van der Waals surface area contributed by atoms with Crippen molar-refractivity contribution in [2.24, 2.45) is 14.1 Å². The van der Waals surface area contributed by atoms with Crippen LogP contribution in [0.5, 0.6) is 5.75 Å². The van der Waals surface area contributed by atoms with E-state index in [2.05, 4.69) is 29.2 Å². The molecule has 52 heavy (non-hydrogen) atoms. The Bertz CT molecular complexity index is 2210. The molecule has 0 saturated carbocycles. The highest BCUT2D eigenvalue weighted by molar-refractivity contribution is 6.31. The molecule has 3 aromatic carbocycles. The van der Waals surface area contributed by atoms with Crippen LogP contribution in [0.4, 0.5) is 11.4 Å². The van der Waals surface area contributed by atoms with Crippen LogP contribution in [-0.4, -0.2) is 74.7 Å². The second-order valence-electron chi connectivity index (χ2n) is 13.6. The van der Waals surface area contributed by atoms with E-state index in [1.54, 1.807) is 46.8 Å². The van der Waals surface area contributed by atoms with Gasteiger partial charge < -0.3 is 23.9 Å². The van der Waals surface area contributed by atoms with E-state index in [9.17, 15) is 20.0 Å². The smallest absolute Gasteiger partial charge is 0.264 e. The summed E-state index contributed by atoms with van der Waals surface area (Å²) in [5.74, 6) is -0.365. The Labute approximate surface area is 308 Å². The van der Waals surface area contributed by atoms with Gasteiger partial charge in [0.2, 0.25) is 0 Å². The number of halogens is 1. The molecule has 1 atom stereocenters. The molecular formula is C41H41ClN6O4.